The molecule has 9 nitrogen and oxygen atoms in total. The van der Waals surface area contributed by atoms with E-state index in [1.165, 1.54) is 11.0 Å². The molecule has 2 heterocycles. The first-order valence-corrected chi connectivity index (χ1v) is 7.31. The van der Waals surface area contributed by atoms with Crippen LogP contribution in [0.1, 0.15) is 11.4 Å². The summed E-state index contributed by atoms with van der Waals surface area (Å²) in [6.45, 7) is 3.64. The molecule has 9 heteroatoms. The zero-order valence-electron chi connectivity index (χ0n) is 13.6. The molecule has 0 aliphatic carbocycles. The molecule has 0 fully saturated rings. The summed E-state index contributed by atoms with van der Waals surface area (Å²) in [6, 6.07) is 7.16. The Morgan fingerprint density at radius 1 is 1.33 bits per heavy atom. The van der Waals surface area contributed by atoms with Crippen LogP contribution in [0.2, 0.25) is 0 Å². The van der Waals surface area contributed by atoms with E-state index in [1.54, 1.807) is 22.9 Å². The summed E-state index contributed by atoms with van der Waals surface area (Å²) in [5.74, 6) is 0.305. The van der Waals surface area contributed by atoms with Crippen molar-refractivity contribution in [3.63, 3.8) is 0 Å². The monoisotopic (exact) mass is 327 g/mol. The molecule has 0 radical (unpaired) electrons. The lowest BCUT2D eigenvalue weighted by Crippen LogP contribution is -2.21. The highest BCUT2D eigenvalue weighted by Crippen LogP contribution is 2.19. The van der Waals surface area contributed by atoms with Gasteiger partial charge in [0.05, 0.1) is 22.8 Å². The molecule has 0 spiro atoms. The molecule has 3 aromatic rings. The van der Waals surface area contributed by atoms with Gasteiger partial charge in [-0.25, -0.2) is 4.68 Å². The van der Waals surface area contributed by atoms with E-state index in [1.807, 2.05) is 27.0 Å². The van der Waals surface area contributed by atoms with Gasteiger partial charge in [0.25, 0.3) is 5.91 Å². The second kappa shape index (κ2) is 6.49. The number of carbonyl (C=O) groups excluding carboxylic acids is 1. The van der Waals surface area contributed by atoms with Gasteiger partial charge in [0.1, 0.15) is 12.1 Å². The number of tetrazole rings is 1. The SMILES string of the molecule is Cc1nn(C)c(C)c1NC(=O)COc1cccc(-n2cnnn2)c1. The molecule has 0 aliphatic heterocycles. The van der Waals surface area contributed by atoms with E-state index in [0.717, 1.165) is 17.1 Å². The van der Waals surface area contributed by atoms with Crippen LogP contribution in [0.4, 0.5) is 5.69 Å². The van der Waals surface area contributed by atoms with Crippen molar-refractivity contribution < 1.29 is 9.53 Å². The van der Waals surface area contributed by atoms with Crippen LogP contribution in [0.15, 0.2) is 30.6 Å². The van der Waals surface area contributed by atoms with Gasteiger partial charge < -0.3 is 10.1 Å². The van der Waals surface area contributed by atoms with E-state index in [2.05, 4.69) is 25.9 Å². The Labute approximate surface area is 138 Å². The van der Waals surface area contributed by atoms with Gasteiger partial charge in [0.2, 0.25) is 0 Å². The fraction of sp³-hybridized carbons (Fsp3) is 0.267. The van der Waals surface area contributed by atoms with Gasteiger partial charge >= 0.3 is 0 Å². The Morgan fingerprint density at radius 2 is 2.17 bits per heavy atom. The average Bonchev–Trinajstić information content (AvgIpc) is 3.18. The van der Waals surface area contributed by atoms with Crippen LogP contribution in [-0.4, -0.2) is 42.5 Å². The van der Waals surface area contributed by atoms with Crippen LogP contribution < -0.4 is 10.1 Å². The molecule has 2 aromatic heterocycles. The number of hydrogen-bond donors (Lipinski definition) is 1. The number of amides is 1. The molecule has 0 unspecified atom stereocenters. The predicted molar refractivity (Wildman–Crippen MR) is 86.0 cm³/mol. The number of aryl methyl sites for hydroxylation is 2. The van der Waals surface area contributed by atoms with Crippen LogP contribution in [0.5, 0.6) is 5.75 Å². The van der Waals surface area contributed by atoms with Gasteiger partial charge in [-0.2, -0.15) is 5.10 Å². The van der Waals surface area contributed by atoms with Crippen molar-refractivity contribution in [2.75, 3.05) is 11.9 Å². The number of aromatic nitrogens is 6. The van der Waals surface area contributed by atoms with E-state index in [4.69, 9.17) is 4.74 Å². The van der Waals surface area contributed by atoms with E-state index >= 15 is 0 Å². The third-order valence-electron chi connectivity index (χ3n) is 3.57. The first-order chi connectivity index (χ1) is 11.5. The fourth-order valence-corrected chi connectivity index (χ4v) is 2.27. The van der Waals surface area contributed by atoms with Crippen LogP contribution in [0.25, 0.3) is 5.69 Å². The molecule has 1 aromatic carbocycles. The topological polar surface area (TPSA) is 99.8 Å². The van der Waals surface area contributed by atoms with Crippen molar-refractivity contribution in [3.05, 3.63) is 42.0 Å². The zero-order chi connectivity index (χ0) is 17.1. The Bertz CT molecular complexity index is 855. The quantitative estimate of drug-likeness (QED) is 0.751. The maximum absolute atomic E-state index is 12.1. The molecular formula is C15H17N7O2. The van der Waals surface area contributed by atoms with Crippen molar-refractivity contribution in [1.82, 2.24) is 30.0 Å². The summed E-state index contributed by atoms with van der Waals surface area (Å²) >= 11 is 0. The Morgan fingerprint density at radius 3 is 2.83 bits per heavy atom. The molecule has 0 atom stereocenters. The molecule has 0 bridgehead atoms. The number of hydrogen-bond acceptors (Lipinski definition) is 6. The Balaban J connectivity index is 1.63. The summed E-state index contributed by atoms with van der Waals surface area (Å²) in [4.78, 5) is 12.1. The molecular weight excluding hydrogens is 310 g/mol. The molecule has 1 N–H and O–H groups in total. The van der Waals surface area contributed by atoms with Crippen LogP contribution in [0, 0.1) is 13.8 Å². The van der Waals surface area contributed by atoms with Crippen molar-refractivity contribution in [2.45, 2.75) is 13.8 Å². The van der Waals surface area contributed by atoms with Gasteiger partial charge in [-0.1, -0.05) is 6.07 Å². The second-order valence-electron chi connectivity index (χ2n) is 5.26. The summed E-state index contributed by atoms with van der Waals surface area (Å²) < 4.78 is 8.78. The predicted octanol–water partition coefficient (Wildman–Crippen LogP) is 1.03. The second-order valence-corrected chi connectivity index (χ2v) is 5.26. The number of nitrogens with one attached hydrogen (secondary N) is 1. The van der Waals surface area contributed by atoms with Crippen LogP contribution >= 0.6 is 0 Å². The summed E-state index contributed by atoms with van der Waals surface area (Å²) in [6.07, 6.45) is 1.49. The van der Waals surface area contributed by atoms with Gasteiger partial charge in [-0.05, 0) is 36.4 Å². The third-order valence-corrected chi connectivity index (χ3v) is 3.57. The van der Waals surface area contributed by atoms with E-state index < -0.39 is 0 Å². The number of ether oxygens (including phenoxy) is 1. The Kier molecular flexibility index (Phi) is 4.23. The maximum Gasteiger partial charge on any atom is 0.262 e. The lowest BCUT2D eigenvalue weighted by molar-refractivity contribution is -0.118. The average molecular weight is 327 g/mol. The van der Waals surface area contributed by atoms with Crippen LogP contribution in [-0.2, 0) is 11.8 Å². The normalized spacial score (nSPS) is 10.6. The minimum atomic E-state index is -0.248. The largest absolute Gasteiger partial charge is 0.484 e. The maximum atomic E-state index is 12.1. The molecule has 124 valence electrons. The van der Waals surface area contributed by atoms with E-state index in [9.17, 15) is 4.79 Å². The molecule has 0 saturated heterocycles. The van der Waals surface area contributed by atoms with Crippen molar-refractivity contribution in [3.8, 4) is 11.4 Å². The van der Waals surface area contributed by atoms with Gasteiger partial charge in [0.15, 0.2) is 6.61 Å². The number of nitrogens with zero attached hydrogens (tertiary/aromatic N) is 6. The smallest absolute Gasteiger partial charge is 0.262 e. The summed E-state index contributed by atoms with van der Waals surface area (Å²) in [5, 5.41) is 18.1. The van der Waals surface area contributed by atoms with Crippen molar-refractivity contribution in [2.24, 2.45) is 7.05 Å². The van der Waals surface area contributed by atoms with Crippen LogP contribution in [0.3, 0.4) is 0 Å². The minimum Gasteiger partial charge on any atom is -0.484 e. The molecule has 3 rings (SSSR count). The zero-order valence-corrected chi connectivity index (χ0v) is 13.6. The lowest BCUT2D eigenvalue weighted by atomic mass is 10.3. The van der Waals surface area contributed by atoms with E-state index in [-0.39, 0.29) is 12.5 Å². The third kappa shape index (κ3) is 3.24. The molecule has 0 saturated carbocycles. The first-order valence-electron chi connectivity index (χ1n) is 7.31. The highest BCUT2D eigenvalue weighted by molar-refractivity contribution is 5.93. The summed E-state index contributed by atoms with van der Waals surface area (Å²) in [7, 11) is 1.83. The molecule has 24 heavy (non-hydrogen) atoms. The molecule has 0 aliphatic rings. The summed E-state index contributed by atoms with van der Waals surface area (Å²) in [5.41, 5.74) is 3.12. The Hall–Kier alpha value is -3.23. The first kappa shape index (κ1) is 15.7. The van der Waals surface area contributed by atoms with Crippen molar-refractivity contribution >= 4 is 11.6 Å². The number of carbonyl (C=O) groups is 1. The van der Waals surface area contributed by atoms with Gasteiger partial charge in [-0.3, -0.25) is 9.48 Å². The number of anilines is 1. The number of rotatable bonds is 5. The molecule has 1 amide bonds. The van der Waals surface area contributed by atoms with E-state index in [0.29, 0.717) is 11.4 Å². The number of benzene rings is 1. The fourth-order valence-electron chi connectivity index (χ4n) is 2.27. The highest BCUT2D eigenvalue weighted by Gasteiger charge is 2.13. The van der Waals surface area contributed by atoms with Crippen molar-refractivity contribution in [1.29, 1.82) is 0 Å². The highest BCUT2D eigenvalue weighted by atomic mass is 16.5. The lowest BCUT2D eigenvalue weighted by Gasteiger charge is -2.09. The van der Waals surface area contributed by atoms with Gasteiger partial charge in [-0.15, -0.1) is 5.10 Å². The standard InChI is InChI=1S/C15H17N7O2/c1-10-15(11(2)21(3)18-10)17-14(23)8-24-13-6-4-5-12(7-13)22-9-16-19-20-22/h4-7,9H,8H2,1-3H3,(H,17,23). The minimum absolute atomic E-state index is 0.104. The van der Waals surface area contributed by atoms with Gasteiger partial charge in [0, 0.05) is 13.1 Å².